The summed E-state index contributed by atoms with van der Waals surface area (Å²) in [4.78, 5) is 1.42. The lowest BCUT2D eigenvalue weighted by Crippen LogP contribution is -3.09. The zero-order chi connectivity index (χ0) is 17.3. The van der Waals surface area contributed by atoms with Crippen molar-refractivity contribution < 1.29 is 18.1 Å². The van der Waals surface area contributed by atoms with Crippen LogP contribution in [-0.4, -0.2) is 56.0 Å². The fraction of sp³-hybridized carbons (Fsp3) is 0.824. The fourth-order valence-electron chi connectivity index (χ4n) is 4.01. The average molecular weight is 357 g/mol. The Morgan fingerprint density at radius 1 is 1.29 bits per heavy atom. The molecule has 24 heavy (non-hydrogen) atoms. The van der Waals surface area contributed by atoms with Crippen LogP contribution in [0.2, 0.25) is 0 Å². The molecule has 2 aliphatic heterocycles. The smallest absolute Gasteiger partial charge is 0.152 e. The molecule has 1 N–H and O–H groups in total. The van der Waals surface area contributed by atoms with Crippen molar-refractivity contribution in [2.75, 3.05) is 31.7 Å². The number of aryl methyl sites for hydroxylation is 1. The van der Waals surface area contributed by atoms with Crippen LogP contribution in [0.4, 0.5) is 0 Å². The highest BCUT2D eigenvalue weighted by molar-refractivity contribution is 7.91. The molecule has 2 aliphatic rings. The van der Waals surface area contributed by atoms with Gasteiger partial charge in [-0.3, -0.25) is 4.68 Å². The molecule has 1 aromatic heterocycles. The molecule has 0 bridgehead atoms. The maximum atomic E-state index is 11.8. The summed E-state index contributed by atoms with van der Waals surface area (Å²) in [6, 6.07) is 0.00411. The van der Waals surface area contributed by atoms with Crippen LogP contribution in [0.1, 0.15) is 48.7 Å². The summed E-state index contributed by atoms with van der Waals surface area (Å²) in [5, 5.41) is 4.67. The molecule has 136 valence electrons. The molecular weight excluding hydrogens is 326 g/mol. The highest BCUT2D eigenvalue weighted by atomic mass is 32.2. The highest BCUT2D eigenvalue weighted by Gasteiger charge is 2.32. The summed E-state index contributed by atoms with van der Waals surface area (Å²) in [7, 11) is -0.686. The van der Waals surface area contributed by atoms with Gasteiger partial charge in [-0.15, -0.1) is 0 Å². The summed E-state index contributed by atoms with van der Waals surface area (Å²) < 4.78 is 31.3. The largest absolute Gasteiger partial charge is 0.372 e. The van der Waals surface area contributed by atoms with E-state index >= 15 is 0 Å². The standard InChI is InChI=1S/C17H29N3O3S/c1-13-17(11-19(3)10-16-6-4-5-8-23-16)14(2)20(18-13)15-7-9-24(21,22)12-15/h15-16H,4-12H2,1-3H3/p+1/t15-,16+/m1/s1. The molecule has 1 unspecified atom stereocenters. The van der Waals surface area contributed by atoms with Gasteiger partial charge in [0.1, 0.15) is 19.2 Å². The van der Waals surface area contributed by atoms with Crippen LogP contribution >= 0.6 is 0 Å². The van der Waals surface area contributed by atoms with Gasteiger partial charge in [-0.1, -0.05) is 0 Å². The summed E-state index contributed by atoms with van der Waals surface area (Å²) in [6.45, 7) is 6.93. The van der Waals surface area contributed by atoms with Crippen LogP contribution < -0.4 is 4.90 Å². The van der Waals surface area contributed by atoms with E-state index in [0.29, 0.717) is 12.5 Å². The Bertz CT molecular complexity index is 677. The molecule has 0 radical (unpaired) electrons. The minimum Gasteiger partial charge on any atom is -0.372 e. The van der Waals surface area contributed by atoms with Crippen LogP contribution in [0.15, 0.2) is 0 Å². The number of hydrogen-bond donors (Lipinski definition) is 1. The lowest BCUT2D eigenvalue weighted by atomic mass is 10.1. The zero-order valence-corrected chi connectivity index (χ0v) is 15.9. The summed E-state index contributed by atoms with van der Waals surface area (Å²) in [5.41, 5.74) is 3.41. The molecule has 0 saturated carbocycles. The van der Waals surface area contributed by atoms with Gasteiger partial charge in [0.05, 0.1) is 35.9 Å². The van der Waals surface area contributed by atoms with E-state index in [4.69, 9.17) is 4.74 Å². The van der Waals surface area contributed by atoms with Crippen molar-refractivity contribution >= 4 is 9.84 Å². The Morgan fingerprint density at radius 3 is 2.71 bits per heavy atom. The number of rotatable bonds is 5. The third kappa shape index (κ3) is 4.00. The van der Waals surface area contributed by atoms with Gasteiger partial charge in [0.15, 0.2) is 9.84 Å². The molecule has 3 atom stereocenters. The molecule has 2 saturated heterocycles. The predicted octanol–water partition coefficient (Wildman–Crippen LogP) is 0.443. The van der Waals surface area contributed by atoms with E-state index in [1.807, 2.05) is 11.6 Å². The van der Waals surface area contributed by atoms with Gasteiger partial charge in [0.25, 0.3) is 0 Å². The van der Waals surface area contributed by atoms with E-state index in [2.05, 4.69) is 19.1 Å². The Morgan fingerprint density at radius 2 is 2.08 bits per heavy atom. The topological polar surface area (TPSA) is 65.6 Å². The second-order valence-electron chi connectivity index (χ2n) is 7.48. The number of sulfone groups is 1. The normalized spacial score (nSPS) is 28.1. The van der Waals surface area contributed by atoms with Crippen molar-refractivity contribution in [2.24, 2.45) is 0 Å². The number of quaternary nitrogens is 1. The number of likely N-dealkylation sites (N-methyl/N-ethyl adjacent to an activating group) is 1. The van der Waals surface area contributed by atoms with E-state index in [1.54, 1.807) is 0 Å². The van der Waals surface area contributed by atoms with Crippen LogP contribution in [0.5, 0.6) is 0 Å². The number of aromatic nitrogens is 2. The van der Waals surface area contributed by atoms with Crippen molar-refractivity contribution in [2.45, 2.75) is 58.2 Å². The van der Waals surface area contributed by atoms with Crippen LogP contribution in [0, 0.1) is 13.8 Å². The van der Waals surface area contributed by atoms with Gasteiger partial charge < -0.3 is 9.64 Å². The van der Waals surface area contributed by atoms with E-state index in [0.717, 1.165) is 37.5 Å². The molecule has 0 aromatic carbocycles. The summed E-state index contributed by atoms with van der Waals surface area (Å²) >= 11 is 0. The van der Waals surface area contributed by atoms with Gasteiger partial charge in [-0.25, -0.2) is 8.42 Å². The second-order valence-corrected chi connectivity index (χ2v) is 9.71. The Balaban J connectivity index is 1.67. The quantitative estimate of drug-likeness (QED) is 0.832. The number of nitrogens with zero attached hydrogens (tertiary/aromatic N) is 2. The predicted molar refractivity (Wildman–Crippen MR) is 93.1 cm³/mol. The first-order valence-electron chi connectivity index (χ1n) is 9.03. The first-order valence-corrected chi connectivity index (χ1v) is 10.9. The zero-order valence-electron chi connectivity index (χ0n) is 15.0. The molecular formula is C17H30N3O3S+. The molecule has 0 amide bonds. The van der Waals surface area contributed by atoms with Gasteiger partial charge in [-0.2, -0.15) is 5.10 Å². The van der Waals surface area contributed by atoms with Crippen LogP contribution in [0.25, 0.3) is 0 Å². The molecule has 0 spiro atoms. The Hall–Kier alpha value is -0.920. The van der Waals surface area contributed by atoms with Gasteiger partial charge in [0.2, 0.25) is 0 Å². The van der Waals surface area contributed by atoms with E-state index in [1.165, 1.54) is 23.3 Å². The van der Waals surface area contributed by atoms with Crippen molar-refractivity contribution in [1.29, 1.82) is 0 Å². The highest BCUT2D eigenvalue weighted by Crippen LogP contribution is 2.26. The summed E-state index contributed by atoms with van der Waals surface area (Å²) in [5.74, 6) is 0.516. The molecule has 3 rings (SSSR count). The molecule has 3 heterocycles. The second kappa shape index (κ2) is 7.14. The monoisotopic (exact) mass is 356 g/mol. The third-order valence-electron chi connectivity index (χ3n) is 5.36. The first-order chi connectivity index (χ1) is 11.4. The minimum absolute atomic E-state index is 0.00411. The van der Waals surface area contributed by atoms with E-state index in [-0.39, 0.29) is 17.5 Å². The van der Waals surface area contributed by atoms with E-state index < -0.39 is 9.84 Å². The van der Waals surface area contributed by atoms with Crippen molar-refractivity contribution in [3.05, 3.63) is 17.0 Å². The maximum absolute atomic E-state index is 11.8. The Labute approximate surface area is 145 Å². The average Bonchev–Trinajstić information content (AvgIpc) is 3.02. The van der Waals surface area contributed by atoms with E-state index in [9.17, 15) is 8.42 Å². The SMILES string of the molecule is Cc1nn([C@@H]2CCS(=O)(=O)C2)c(C)c1C[NH+](C)C[C@@H]1CCCCO1. The van der Waals surface area contributed by atoms with Crippen LogP contribution in [-0.2, 0) is 21.1 Å². The molecule has 0 aliphatic carbocycles. The fourth-order valence-corrected chi connectivity index (χ4v) is 5.70. The molecule has 1 aromatic rings. The van der Waals surface area contributed by atoms with Gasteiger partial charge >= 0.3 is 0 Å². The van der Waals surface area contributed by atoms with Crippen molar-refractivity contribution in [3.8, 4) is 0 Å². The molecule has 6 nitrogen and oxygen atoms in total. The molecule has 2 fully saturated rings. The molecule has 7 heteroatoms. The first kappa shape index (κ1) is 17.9. The lowest BCUT2D eigenvalue weighted by molar-refractivity contribution is -0.897. The van der Waals surface area contributed by atoms with Crippen molar-refractivity contribution in [1.82, 2.24) is 9.78 Å². The maximum Gasteiger partial charge on any atom is 0.152 e. The Kier molecular flexibility index (Phi) is 5.32. The van der Waals surface area contributed by atoms with Gasteiger partial charge in [-0.05, 0) is 39.5 Å². The minimum atomic E-state index is -2.89. The van der Waals surface area contributed by atoms with Crippen molar-refractivity contribution in [3.63, 3.8) is 0 Å². The third-order valence-corrected chi connectivity index (χ3v) is 7.11. The number of nitrogens with one attached hydrogen (secondary N) is 1. The lowest BCUT2D eigenvalue weighted by Gasteiger charge is -2.25. The number of hydrogen-bond acceptors (Lipinski definition) is 4. The van der Waals surface area contributed by atoms with Crippen LogP contribution in [0.3, 0.4) is 0 Å². The van der Waals surface area contributed by atoms with Gasteiger partial charge in [0, 0.05) is 12.3 Å². The summed E-state index contributed by atoms with van der Waals surface area (Å²) in [6.07, 6.45) is 4.67. The number of ether oxygens (including phenoxy) is 1.